The molecule has 0 heterocycles. The van der Waals surface area contributed by atoms with Crippen molar-refractivity contribution in [2.75, 3.05) is 11.5 Å². The van der Waals surface area contributed by atoms with Gasteiger partial charge < -0.3 is 21.5 Å². The Morgan fingerprint density at radius 3 is 1.75 bits per heavy atom. The minimum absolute atomic E-state index is 0.259. The molecule has 2 aromatic carbocycles. The third kappa shape index (κ3) is 5.25. The van der Waals surface area contributed by atoms with Crippen LogP contribution in [0.2, 0.25) is 0 Å². The highest BCUT2D eigenvalue weighted by atomic mass is 17.5. The minimum atomic E-state index is -0.931. The summed E-state index contributed by atoms with van der Waals surface area (Å²) in [6, 6.07) is 12.5. The van der Waals surface area contributed by atoms with Gasteiger partial charge in [0, 0.05) is 11.4 Å². The Balaban J connectivity index is 0.000000200. The molecule has 0 unspecified atom stereocenters. The van der Waals surface area contributed by atoms with Crippen molar-refractivity contribution < 1.29 is 25.1 Å². The molecule has 0 aliphatic heterocycles. The van der Waals surface area contributed by atoms with E-state index in [0.29, 0.717) is 17.1 Å². The zero-order valence-corrected chi connectivity index (χ0v) is 10.4. The van der Waals surface area contributed by atoms with Crippen LogP contribution in [-0.2, 0) is 5.04 Å². The number of benzene rings is 2. The number of anilines is 2. The molecule has 7 heteroatoms. The maximum Gasteiger partial charge on any atom is 0.335 e. The van der Waals surface area contributed by atoms with E-state index in [1.165, 1.54) is 12.1 Å². The van der Waals surface area contributed by atoms with Gasteiger partial charge in [-0.25, -0.2) is 10.1 Å². The molecular formula is C13H14N2O5. The van der Waals surface area contributed by atoms with E-state index in [-0.39, 0.29) is 5.56 Å². The van der Waals surface area contributed by atoms with E-state index in [0.717, 1.165) is 0 Å². The summed E-state index contributed by atoms with van der Waals surface area (Å²) >= 11 is 0. The van der Waals surface area contributed by atoms with Crippen LogP contribution >= 0.6 is 0 Å². The number of hydrogen-bond acceptors (Lipinski definition) is 6. The summed E-state index contributed by atoms with van der Waals surface area (Å²) in [4.78, 5) is 14.5. The Hall–Kier alpha value is -2.77. The van der Waals surface area contributed by atoms with Gasteiger partial charge in [-0.15, -0.1) is 0 Å². The Bertz CT molecular complexity index is 540. The first-order valence-corrected chi connectivity index (χ1v) is 5.45. The third-order valence-corrected chi connectivity index (χ3v) is 2.17. The van der Waals surface area contributed by atoms with Crippen LogP contribution in [0, 0.1) is 0 Å². The van der Waals surface area contributed by atoms with Gasteiger partial charge in [0.25, 0.3) is 0 Å². The van der Waals surface area contributed by atoms with E-state index >= 15 is 0 Å². The second kappa shape index (κ2) is 7.62. The molecule has 0 saturated heterocycles. The number of aromatic carboxylic acids is 1. The smallest absolute Gasteiger partial charge is 0.335 e. The first kappa shape index (κ1) is 15.3. The number of rotatable bonds is 3. The highest BCUT2D eigenvalue weighted by Gasteiger charge is 1.98. The molecule has 0 amide bonds. The molecule has 7 nitrogen and oxygen atoms in total. The number of nitrogens with two attached hydrogens (primary N) is 2. The molecule has 106 valence electrons. The van der Waals surface area contributed by atoms with Crippen LogP contribution in [0.15, 0.2) is 48.5 Å². The average Bonchev–Trinajstić information content (AvgIpc) is 2.43. The predicted molar refractivity (Wildman–Crippen MR) is 73.0 cm³/mol. The fourth-order valence-electron chi connectivity index (χ4n) is 1.19. The van der Waals surface area contributed by atoms with Gasteiger partial charge in [-0.2, -0.15) is 0 Å². The van der Waals surface area contributed by atoms with Crippen molar-refractivity contribution >= 4 is 17.3 Å². The predicted octanol–water partition coefficient (Wildman–Crippen LogP) is 2.02. The fourth-order valence-corrected chi connectivity index (χ4v) is 1.19. The van der Waals surface area contributed by atoms with Crippen molar-refractivity contribution in [3.63, 3.8) is 0 Å². The Morgan fingerprint density at radius 1 is 0.900 bits per heavy atom. The Morgan fingerprint density at radius 2 is 1.35 bits per heavy atom. The number of nitrogen functional groups attached to an aromatic ring is 2. The van der Waals surface area contributed by atoms with Gasteiger partial charge in [0.1, 0.15) is 0 Å². The molecule has 0 spiro atoms. The van der Waals surface area contributed by atoms with E-state index in [2.05, 4.69) is 9.93 Å². The molecule has 2 rings (SSSR count). The first-order valence-electron chi connectivity index (χ1n) is 5.45. The van der Waals surface area contributed by atoms with Crippen molar-refractivity contribution in [3.05, 3.63) is 54.1 Å². The second-order valence-corrected chi connectivity index (χ2v) is 3.65. The lowest BCUT2D eigenvalue weighted by Gasteiger charge is -1.97. The molecule has 0 radical (unpaired) electrons. The number of carbonyl (C=O) groups is 1. The normalized spacial score (nSPS) is 9.25. The molecule has 0 fully saturated rings. The largest absolute Gasteiger partial charge is 0.478 e. The number of hydrogen-bond donors (Lipinski definition) is 4. The van der Waals surface area contributed by atoms with Gasteiger partial charge in [0.2, 0.25) is 0 Å². The zero-order chi connectivity index (χ0) is 15.0. The highest BCUT2D eigenvalue weighted by molar-refractivity contribution is 5.87. The van der Waals surface area contributed by atoms with E-state index in [1.54, 1.807) is 36.4 Å². The third-order valence-electron chi connectivity index (χ3n) is 2.17. The van der Waals surface area contributed by atoms with Crippen LogP contribution in [0.3, 0.4) is 0 Å². The molecule has 0 saturated carbocycles. The van der Waals surface area contributed by atoms with E-state index in [4.69, 9.17) is 21.8 Å². The van der Waals surface area contributed by atoms with Crippen molar-refractivity contribution in [2.24, 2.45) is 0 Å². The van der Waals surface area contributed by atoms with Crippen LogP contribution in [-0.4, -0.2) is 16.3 Å². The van der Waals surface area contributed by atoms with Crippen LogP contribution in [0.1, 0.15) is 10.4 Å². The van der Waals surface area contributed by atoms with E-state index < -0.39 is 5.97 Å². The number of carboxylic acid groups (broad SMARTS) is 1. The molecule has 0 aliphatic carbocycles. The zero-order valence-electron chi connectivity index (χ0n) is 10.4. The van der Waals surface area contributed by atoms with Crippen LogP contribution in [0.25, 0.3) is 0 Å². The molecule has 2 aromatic rings. The summed E-state index contributed by atoms with van der Waals surface area (Å²) in [7, 11) is 0. The lowest BCUT2D eigenvalue weighted by Crippen LogP contribution is -1.95. The first-order chi connectivity index (χ1) is 9.52. The molecule has 0 bridgehead atoms. The van der Waals surface area contributed by atoms with E-state index in [9.17, 15) is 4.79 Å². The monoisotopic (exact) mass is 278 g/mol. The van der Waals surface area contributed by atoms with Crippen LogP contribution in [0.5, 0.6) is 5.75 Å². The van der Waals surface area contributed by atoms with Gasteiger partial charge >= 0.3 is 5.97 Å². The standard InChI is InChI=1S/C7H7NO2.C6H7NO3/c8-6-3-1-5(2-4-6)7(9)10;7-5-1-3-6(4-2-5)9-10-8/h1-4H,8H2,(H,9,10);1-4,8H,7H2. The van der Waals surface area contributed by atoms with Gasteiger partial charge in [-0.05, 0) is 53.6 Å². The lowest BCUT2D eigenvalue weighted by atomic mass is 10.2. The summed E-state index contributed by atoms with van der Waals surface area (Å²) in [6.45, 7) is 0. The minimum Gasteiger partial charge on any atom is -0.478 e. The summed E-state index contributed by atoms with van der Waals surface area (Å²) in [6.07, 6.45) is 0. The maximum atomic E-state index is 10.3. The maximum absolute atomic E-state index is 10.3. The molecular weight excluding hydrogens is 264 g/mol. The topological polar surface area (TPSA) is 128 Å². The van der Waals surface area contributed by atoms with Gasteiger partial charge in [-0.1, -0.05) is 0 Å². The summed E-state index contributed by atoms with van der Waals surface area (Å²) in [5.74, 6) is -0.531. The summed E-state index contributed by atoms with van der Waals surface area (Å²) in [5, 5.41) is 19.7. The number of carboxylic acids is 1. The quantitative estimate of drug-likeness (QED) is 0.384. The molecule has 0 aromatic heterocycles. The second-order valence-electron chi connectivity index (χ2n) is 3.65. The summed E-state index contributed by atoms with van der Waals surface area (Å²) < 4.78 is 0. The lowest BCUT2D eigenvalue weighted by molar-refractivity contribution is -0.438. The molecule has 6 N–H and O–H groups in total. The van der Waals surface area contributed by atoms with Crippen molar-refractivity contribution in [1.29, 1.82) is 0 Å². The van der Waals surface area contributed by atoms with Gasteiger partial charge in [-0.3, -0.25) is 0 Å². The average molecular weight is 278 g/mol. The van der Waals surface area contributed by atoms with Crippen molar-refractivity contribution in [3.8, 4) is 5.75 Å². The van der Waals surface area contributed by atoms with E-state index in [1.807, 2.05) is 0 Å². The van der Waals surface area contributed by atoms with Crippen molar-refractivity contribution in [2.45, 2.75) is 0 Å². The SMILES string of the molecule is Nc1ccc(C(=O)O)cc1.Nc1ccc(OOO)cc1. The summed E-state index contributed by atoms with van der Waals surface area (Å²) in [5.41, 5.74) is 12.2. The Labute approximate surface area is 114 Å². The molecule has 0 atom stereocenters. The van der Waals surface area contributed by atoms with Gasteiger partial charge in [0.05, 0.1) is 5.56 Å². The van der Waals surface area contributed by atoms with Crippen LogP contribution in [0.4, 0.5) is 11.4 Å². The molecule has 20 heavy (non-hydrogen) atoms. The Kier molecular flexibility index (Phi) is 5.82. The van der Waals surface area contributed by atoms with Crippen LogP contribution < -0.4 is 16.4 Å². The molecule has 0 aliphatic rings. The van der Waals surface area contributed by atoms with Gasteiger partial charge in [0.15, 0.2) is 5.75 Å². The highest BCUT2D eigenvalue weighted by Crippen LogP contribution is 2.12. The van der Waals surface area contributed by atoms with Crippen molar-refractivity contribution in [1.82, 2.24) is 0 Å². The fraction of sp³-hybridized carbons (Fsp3) is 0.